The van der Waals surface area contributed by atoms with Gasteiger partial charge >= 0.3 is 0 Å². The fourth-order valence-electron chi connectivity index (χ4n) is 1.95. The SMILES string of the molecule is NNC(=O)c1cc[n+](CCCn2ccnc2/C=N\O)cc1. The van der Waals surface area contributed by atoms with E-state index < -0.39 is 0 Å². The number of hydrazine groups is 1. The second-order valence-corrected chi connectivity index (χ2v) is 4.38. The quantitative estimate of drug-likeness (QED) is 0.169. The van der Waals surface area contributed by atoms with Crippen LogP contribution in [0.4, 0.5) is 0 Å². The molecule has 0 unspecified atom stereocenters. The maximum atomic E-state index is 11.3. The van der Waals surface area contributed by atoms with Crippen LogP contribution in [-0.4, -0.2) is 26.9 Å². The van der Waals surface area contributed by atoms with E-state index in [0.29, 0.717) is 11.4 Å². The van der Waals surface area contributed by atoms with E-state index in [1.165, 1.54) is 6.21 Å². The Morgan fingerprint density at radius 1 is 1.52 bits per heavy atom. The molecular formula is C13H17N6O2+. The van der Waals surface area contributed by atoms with Gasteiger partial charge in [-0.25, -0.2) is 15.4 Å². The van der Waals surface area contributed by atoms with Crippen molar-refractivity contribution in [2.75, 3.05) is 0 Å². The number of hydrogen-bond acceptors (Lipinski definition) is 5. The van der Waals surface area contributed by atoms with Crippen LogP contribution >= 0.6 is 0 Å². The van der Waals surface area contributed by atoms with Gasteiger partial charge in [-0.1, -0.05) is 5.16 Å². The summed E-state index contributed by atoms with van der Waals surface area (Å²) in [5.74, 6) is 5.37. The largest absolute Gasteiger partial charge is 0.411 e. The Morgan fingerprint density at radius 3 is 2.95 bits per heavy atom. The van der Waals surface area contributed by atoms with Gasteiger partial charge in [0.25, 0.3) is 5.91 Å². The Hall–Kier alpha value is -2.74. The highest BCUT2D eigenvalue weighted by Crippen LogP contribution is 1.98. The average molecular weight is 289 g/mol. The van der Waals surface area contributed by atoms with Crippen molar-refractivity contribution >= 4 is 12.1 Å². The van der Waals surface area contributed by atoms with Gasteiger partial charge in [0.15, 0.2) is 18.2 Å². The summed E-state index contributed by atoms with van der Waals surface area (Å²) in [5, 5.41) is 11.5. The first-order chi connectivity index (χ1) is 10.2. The van der Waals surface area contributed by atoms with Crippen LogP contribution < -0.4 is 15.8 Å². The molecule has 0 aliphatic carbocycles. The molecule has 8 nitrogen and oxygen atoms in total. The van der Waals surface area contributed by atoms with E-state index in [2.05, 4.69) is 15.6 Å². The minimum atomic E-state index is -0.312. The molecule has 0 bridgehead atoms. The molecule has 110 valence electrons. The molecule has 0 aromatic carbocycles. The molecule has 0 saturated carbocycles. The number of nitrogens with two attached hydrogens (primary N) is 1. The van der Waals surface area contributed by atoms with E-state index in [9.17, 15) is 4.79 Å². The summed E-state index contributed by atoms with van der Waals surface area (Å²) in [4.78, 5) is 15.4. The lowest BCUT2D eigenvalue weighted by Gasteiger charge is -2.03. The summed E-state index contributed by atoms with van der Waals surface area (Å²) in [6, 6.07) is 3.42. The van der Waals surface area contributed by atoms with E-state index in [4.69, 9.17) is 11.0 Å². The van der Waals surface area contributed by atoms with Crippen LogP contribution in [0.2, 0.25) is 0 Å². The number of carbonyl (C=O) groups is 1. The number of pyridine rings is 1. The van der Waals surface area contributed by atoms with Crippen molar-refractivity contribution in [3.05, 3.63) is 48.3 Å². The number of aryl methyl sites for hydroxylation is 2. The Bertz CT molecular complexity index is 620. The molecule has 0 atom stereocenters. The second-order valence-electron chi connectivity index (χ2n) is 4.38. The third-order valence-electron chi connectivity index (χ3n) is 3.02. The van der Waals surface area contributed by atoms with Crippen molar-refractivity contribution in [3.8, 4) is 0 Å². The van der Waals surface area contributed by atoms with Crippen molar-refractivity contribution in [2.24, 2.45) is 11.0 Å². The smallest absolute Gasteiger partial charge is 0.265 e. The molecule has 1 amide bonds. The highest BCUT2D eigenvalue weighted by Gasteiger charge is 2.07. The summed E-state index contributed by atoms with van der Waals surface area (Å²) in [5.41, 5.74) is 2.61. The zero-order valence-electron chi connectivity index (χ0n) is 11.4. The minimum Gasteiger partial charge on any atom is -0.411 e. The molecule has 2 heterocycles. The third kappa shape index (κ3) is 3.86. The van der Waals surface area contributed by atoms with E-state index in [1.807, 2.05) is 27.7 Å². The maximum absolute atomic E-state index is 11.3. The summed E-state index contributed by atoms with van der Waals surface area (Å²) in [6.07, 6.45) is 9.31. The number of imidazole rings is 1. The van der Waals surface area contributed by atoms with Gasteiger partial charge in [-0.2, -0.15) is 0 Å². The van der Waals surface area contributed by atoms with Gasteiger partial charge in [0.1, 0.15) is 12.8 Å². The number of nitrogens with zero attached hydrogens (tertiary/aromatic N) is 4. The van der Waals surface area contributed by atoms with E-state index in [1.54, 1.807) is 18.3 Å². The zero-order chi connectivity index (χ0) is 15.1. The predicted molar refractivity (Wildman–Crippen MR) is 74.5 cm³/mol. The van der Waals surface area contributed by atoms with Crippen molar-refractivity contribution in [1.29, 1.82) is 0 Å². The highest BCUT2D eigenvalue weighted by molar-refractivity contribution is 5.93. The number of carbonyl (C=O) groups excluding carboxylic acids is 1. The van der Waals surface area contributed by atoms with Crippen LogP contribution in [0.3, 0.4) is 0 Å². The first-order valence-electron chi connectivity index (χ1n) is 6.43. The van der Waals surface area contributed by atoms with E-state index >= 15 is 0 Å². The number of nitrogens with one attached hydrogen (secondary N) is 1. The van der Waals surface area contributed by atoms with Gasteiger partial charge in [0, 0.05) is 37.5 Å². The molecule has 0 spiro atoms. The van der Waals surface area contributed by atoms with Crippen LogP contribution in [0.1, 0.15) is 22.6 Å². The molecule has 2 rings (SSSR count). The van der Waals surface area contributed by atoms with Gasteiger partial charge in [-0.05, 0) is 0 Å². The average Bonchev–Trinajstić information content (AvgIpc) is 2.95. The second kappa shape index (κ2) is 7.15. The number of rotatable bonds is 6. The first kappa shape index (κ1) is 14.7. The monoisotopic (exact) mass is 289 g/mol. The molecule has 2 aromatic heterocycles. The summed E-state index contributed by atoms with van der Waals surface area (Å²) in [6.45, 7) is 1.54. The molecular weight excluding hydrogens is 272 g/mol. The van der Waals surface area contributed by atoms with Crippen LogP contribution in [0.5, 0.6) is 0 Å². The van der Waals surface area contributed by atoms with Crippen LogP contribution in [0, 0.1) is 0 Å². The summed E-state index contributed by atoms with van der Waals surface area (Å²) >= 11 is 0. The molecule has 8 heteroatoms. The third-order valence-corrected chi connectivity index (χ3v) is 3.02. The normalized spacial score (nSPS) is 10.9. The minimum absolute atomic E-state index is 0.312. The number of amides is 1. The number of oxime groups is 1. The fraction of sp³-hybridized carbons (Fsp3) is 0.231. The number of nitrogen functional groups attached to an aromatic ring is 1. The lowest BCUT2D eigenvalue weighted by Crippen LogP contribution is -2.35. The topological polar surface area (TPSA) is 109 Å². The zero-order valence-corrected chi connectivity index (χ0v) is 11.4. The number of hydrogen-bond donors (Lipinski definition) is 3. The maximum Gasteiger partial charge on any atom is 0.265 e. The van der Waals surface area contributed by atoms with Crippen molar-refractivity contribution in [2.45, 2.75) is 19.5 Å². The molecule has 21 heavy (non-hydrogen) atoms. The first-order valence-corrected chi connectivity index (χ1v) is 6.43. The molecule has 0 aliphatic rings. The van der Waals surface area contributed by atoms with Crippen LogP contribution in [-0.2, 0) is 13.1 Å². The van der Waals surface area contributed by atoms with Gasteiger partial charge in [-0.3, -0.25) is 10.2 Å². The van der Waals surface area contributed by atoms with Crippen molar-refractivity contribution in [1.82, 2.24) is 15.0 Å². The molecule has 0 aliphatic heterocycles. The fourth-order valence-corrected chi connectivity index (χ4v) is 1.95. The molecule has 0 fully saturated rings. The Labute approximate surface area is 121 Å². The number of aromatic nitrogens is 3. The summed E-state index contributed by atoms with van der Waals surface area (Å²) < 4.78 is 3.88. The summed E-state index contributed by atoms with van der Waals surface area (Å²) in [7, 11) is 0. The Balaban J connectivity index is 1.88. The highest BCUT2D eigenvalue weighted by atomic mass is 16.4. The van der Waals surface area contributed by atoms with Gasteiger partial charge in [-0.15, -0.1) is 0 Å². The standard InChI is InChI=1S/C13H16N6O2/c14-17-13(20)11-2-7-18(8-3-11)5-1-6-19-9-4-15-12(19)10-16-21/h2-4,7-10,14H,1,5-6H2,(H2,15,20,21)/p+1. The molecule has 0 radical (unpaired) electrons. The lowest BCUT2D eigenvalue weighted by atomic mass is 10.2. The van der Waals surface area contributed by atoms with Gasteiger partial charge < -0.3 is 9.77 Å². The molecule has 2 aromatic rings. The van der Waals surface area contributed by atoms with Crippen molar-refractivity contribution in [3.63, 3.8) is 0 Å². The van der Waals surface area contributed by atoms with E-state index in [0.717, 1.165) is 19.5 Å². The Morgan fingerprint density at radius 2 is 2.29 bits per heavy atom. The van der Waals surface area contributed by atoms with E-state index in [-0.39, 0.29) is 5.91 Å². The van der Waals surface area contributed by atoms with Gasteiger partial charge in [0.05, 0.1) is 5.56 Å². The van der Waals surface area contributed by atoms with Crippen LogP contribution in [0.15, 0.2) is 42.1 Å². The Kier molecular flexibility index (Phi) is 4.99. The predicted octanol–water partition coefficient (Wildman–Crippen LogP) is -0.327. The van der Waals surface area contributed by atoms with Crippen LogP contribution in [0.25, 0.3) is 0 Å². The van der Waals surface area contributed by atoms with Gasteiger partial charge in [0.2, 0.25) is 0 Å². The molecule has 0 saturated heterocycles. The van der Waals surface area contributed by atoms with Crippen molar-refractivity contribution < 1.29 is 14.6 Å². The lowest BCUT2D eigenvalue weighted by molar-refractivity contribution is -0.697. The molecule has 4 N–H and O–H groups in total.